The lowest BCUT2D eigenvalue weighted by Gasteiger charge is -2.28. The first-order valence-electron chi connectivity index (χ1n) is 6.19. The third kappa shape index (κ3) is 2.76. The number of anilines is 1. The molecule has 2 rings (SSSR count). The average molecular weight is 263 g/mol. The second kappa shape index (κ2) is 5.01. The van der Waals surface area contributed by atoms with E-state index in [1.54, 1.807) is 6.07 Å². The number of para-hydroxylation sites is 1. The predicted molar refractivity (Wildman–Crippen MR) is 69.8 cm³/mol. The van der Waals surface area contributed by atoms with Crippen LogP contribution in [0.1, 0.15) is 32.3 Å². The molecule has 0 saturated carbocycles. The van der Waals surface area contributed by atoms with Crippen LogP contribution in [-0.4, -0.2) is 23.6 Å². The molecule has 1 heterocycles. The molecular weight excluding hydrogens is 246 g/mol. The zero-order valence-corrected chi connectivity index (χ0v) is 11.0. The van der Waals surface area contributed by atoms with Gasteiger partial charge < -0.3 is 5.11 Å². The van der Waals surface area contributed by atoms with Crippen LogP contribution in [0.3, 0.4) is 0 Å². The lowest BCUT2D eigenvalue weighted by molar-refractivity contribution is -0.138. The number of rotatable bonds is 4. The van der Waals surface area contributed by atoms with Crippen LogP contribution in [-0.2, 0) is 19.8 Å². The van der Waals surface area contributed by atoms with Crippen molar-refractivity contribution in [2.45, 2.75) is 32.1 Å². The largest absolute Gasteiger partial charge is 0.481 e. The third-order valence-electron chi connectivity index (χ3n) is 3.21. The van der Waals surface area contributed by atoms with Crippen molar-refractivity contribution >= 4 is 17.6 Å². The number of carboxylic acids is 1. The highest BCUT2D eigenvalue weighted by molar-refractivity contribution is 5.93. The quantitative estimate of drug-likeness (QED) is 0.903. The number of aliphatic carboxylic acids is 1. The van der Waals surface area contributed by atoms with Gasteiger partial charge in [-0.05, 0) is 11.6 Å². The highest BCUT2D eigenvalue weighted by Crippen LogP contribution is 2.36. The van der Waals surface area contributed by atoms with Crippen molar-refractivity contribution in [3.05, 3.63) is 29.8 Å². The van der Waals surface area contributed by atoms with Crippen LogP contribution in [0.4, 0.5) is 5.69 Å². The predicted octanol–water partition coefficient (Wildman–Crippen LogP) is 2.11. The Labute approximate surface area is 111 Å². The summed E-state index contributed by atoms with van der Waals surface area (Å²) in [6.45, 7) is 4.06. The number of carbonyl (C=O) groups excluding carboxylic acids is 1. The number of nitrogens with zero attached hydrogens (tertiary/aromatic N) is 1. The van der Waals surface area contributed by atoms with E-state index < -0.39 is 11.4 Å². The zero-order valence-electron chi connectivity index (χ0n) is 11.0. The Morgan fingerprint density at radius 2 is 2.11 bits per heavy atom. The van der Waals surface area contributed by atoms with Crippen LogP contribution in [0.25, 0.3) is 0 Å². The highest BCUT2D eigenvalue weighted by atomic mass is 16.7. The SMILES string of the molecule is CC(C)(CC(=O)O)c1ccccc1N1OCCC1=O. The van der Waals surface area contributed by atoms with Crippen molar-refractivity contribution in [3.63, 3.8) is 0 Å². The van der Waals surface area contributed by atoms with Gasteiger partial charge in [0.1, 0.15) is 0 Å². The lowest BCUT2D eigenvalue weighted by atomic mass is 9.80. The summed E-state index contributed by atoms with van der Waals surface area (Å²) in [5, 5.41) is 10.3. The van der Waals surface area contributed by atoms with E-state index in [9.17, 15) is 9.59 Å². The number of hydrogen-bond acceptors (Lipinski definition) is 3. The Kier molecular flexibility index (Phi) is 3.57. The molecule has 0 radical (unpaired) electrons. The number of carboxylic acid groups (broad SMARTS) is 1. The molecule has 0 aliphatic carbocycles. The Morgan fingerprint density at radius 3 is 2.68 bits per heavy atom. The fourth-order valence-corrected chi connectivity index (χ4v) is 2.30. The Balaban J connectivity index is 2.41. The normalized spacial score (nSPS) is 15.9. The molecule has 102 valence electrons. The Bertz CT molecular complexity index is 510. The van der Waals surface area contributed by atoms with Crippen LogP contribution in [0.15, 0.2) is 24.3 Å². The second-order valence-electron chi connectivity index (χ2n) is 5.24. The minimum absolute atomic E-state index is 0.00789. The summed E-state index contributed by atoms with van der Waals surface area (Å²) in [5.74, 6) is -0.966. The molecule has 0 unspecified atom stereocenters. The van der Waals surface area contributed by atoms with Gasteiger partial charge in [0.25, 0.3) is 5.91 Å². The maximum atomic E-state index is 11.8. The Hall–Kier alpha value is -1.88. The van der Waals surface area contributed by atoms with E-state index in [0.717, 1.165) is 5.56 Å². The van der Waals surface area contributed by atoms with Crippen LogP contribution in [0.2, 0.25) is 0 Å². The molecule has 1 amide bonds. The van der Waals surface area contributed by atoms with Crippen molar-refractivity contribution < 1.29 is 19.5 Å². The van der Waals surface area contributed by atoms with Gasteiger partial charge in [-0.25, -0.2) is 0 Å². The molecule has 1 aliphatic heterocycles. The summed E-state index contributed by atoms with van der Waals surface area (Å²) < 4.78 is 0. The zero-order chi connectivity index (χ0) is 14.0. The van der Waals surface area contributed by atoms with E-state index in [1.807, 2.05) is 32.0 Å². The standard InChI is InChI=1S/C14H17NO4/c1-14(2,9-13(17)18)10-5-3-4-6-11(10)15-12(16)7-8-19-15/h3-6H,7-9H2,1-2H3,(H,17,18). The van der Waals surface area contributed by atoms with Crippen LogP contribution >= 0.6 is 0 Å². The van der Waals surface area contributed by atoms with Crippen molar-refractivity contribution in [3.8, 4) is 0 Å². The number of amides is 1. The molecule has 0 aromatic heterocycles. The molecule has 5 nitrogen and oxygen atoms in total. The van der Waals surface area contributed by atoms with Gasteiger partial charge in [0.05, 0.1) is 25.1 Å². The van der Waals surface area contributed by atoms with Crippen LogP contribution in [0, 0.1) is 0 Å². The first-order valence-corrected chi connectivity index (χ1v) is 6.19. The number of hydroxylamine groups is 1. The molecule has 1 aliphatic rings. The molecule has 1 fully saturated rings. The van der Waals surface area contributed by atoms with E-state index in [0.29, 0.717) is 18.7 Å². The maximum Gasteiger partial charge on any atom is 0.304 e. The van der Waals surface area contributed by atoms with E-state index in [1.165, 1.54) is 5.06 Å². The van der Waals surface area contributed by atoms with E-state index in [2.05, 4.69) is 0 Å². The fraction of sp³-hybridized carbons (Fsp3) is 0.429. The van der Waals surface area contributed by atoms with Gasteiger partial charge in [-0.3, -0.25) is 14.4 Å². The molecule has 0 spiro atoms. The molecule has 1 aromatic carbocycles. The second-order valence-corrected chi connectivity index (χ2v) is 5.24. The summed E-state index contributed by atoms with van der Waals surface area (Å²) >= 11 is 0. The van der Waals surface area contributed by atoms with Crippen molar-refractivity contribution in [1.29, 1.82) is 0 Å². The third-order valence-corrected chi connectivity index (χ3v) is 3.21. The molecule has 0 atom stereocenters. The maximum absolute atomic E-state index is 11.8. The van der Waals surface area contributed by atoms with Crippen LogP contribution in [0.5, 0.6) is 0 Å². The minimum atomic E-state index is -0.867. The highest BCUT2D eigenvalue weighted by Gasteiger charge is 2.32. The Morgan fingerprint density at radius 1 is 1.42 bits per heavy atom. The van der Waals surface area contributed by atoms with Gasteiger partial charge >= 0.3 is 5.97 Å². The van der Waals surface area contributed by atoms with Crippen molar-refractivity contribution in [1.82, 2.24) is 0 Å². The smallest absolute Gasteiger partial charge is 0.304 e. The number of carbonyl (C=O) groups is 2. The summed E-state index contributed by atoms with van der Waals surface area (Å²) in [4.78, 5) is 28.1. The van der Waals surface area contributed by atoms with Gasteiger partial charge in [-0.1, -0.05) is 32.0 Å². The molecule has 1 aromatic rings. The topological polar surface area (TPSA) is 66.8 Å². The van der Waals surface area contributed by atoms with E-state index in [-0.39, 0.29) is 12.3 Å². The molecule has 1 N–H and O–H groups in total. The minimum Gasteiger partial charge on any atom is -0.481 e. The molecule has 0 bridgehead atoms. The van der Waals surface area contributed by atoms with Gasteiger partial charge in [0.15, 0.2) is 0 Å². The van der Waals surface area contributed by atoms with E-state index in [4.69, 9.17) is 9.94 Å². The monoisotopic (exact) mass is 263 g/mol. The fourth-order valence-electron chi connectivity index (χ4n) is 2.30. The first-order chi connectivity index (χ1) is 8.92. The van der Waals surface area contributed by atoms with Gasteiger partial charge in [-0.15, -0.1) is 0 Å². The summed E-state index contributed by atoms with van der Waals surface area (Å²) in [6.07, 6.45) is 0.347. The summed E-state index contributed by atoms with van der Waals surface area (Å²) in [7, 11) is 0. The average Bonchev–Trinajstić information content (AvgIpc) is 2.74. The number of benzene rings is 1. The summed E-state index contributed by atoms with van der Waals surface area (Å²) in [5.41, 5.74) is 0.859. The van der Waals surface area contributed by atoms with E-state index >= 15 is 0 Å². The lowest BCUT2D eigenvalue weighted by Crippen LogP contribution is -2.29. The molecule has 1 saturated heterocycles. The summed E-state index contributed by atoms with van der Waals surface area (Å²) in [6, 6.07) is 7.27. The molecule has 5 heteroatoms. The van der Waals surface area contributed by atoms with Crippen molar-refractivity contribution in [2.24, 2.45) is 0 Å². The van der Waals surface area contributed by atoms with Gasteiger partial charge in [0.2, 0.25) is 0 Å². The van der Waals surface area contributed by atoms with Gasteiger partial charge in [0, 0.05) is 5.41 Å². The molecular formula is C14H17NO4. The molecule has 19 heavy (non-hydrogen) atoms. The van der Waals surface area contributed by atoms with Crippen molar-refractivity contribution in [2.75, 3.05) is 11.7 Å². The number of hydrogen-bond donors (Lipinski definition) is 1. The first kappa shape index (κ1) is 13.5. The van der Waals surface area contributed by atoms with Crippen LogP contribution < -0.4 is 5.06 Å². The van der Waals surface area contributed by atoms with Gasteiger partial charge in [-0.2, -0.15) is 5.06 Å².